The number of carbonyl (C=O) groups is 1. The van der Waals surface area contributed by atoms with E-state index >= 15 is 4.39 Å². The van der Waals surface area contributed by atoms with Gasteiger partial charge in [-0.15, -0.1) is 0 Å². The molecule has 37 heavy (non-hydrogen) atoms. The third-order valence-electron chi connectivity index (χ3n) is 5.33. The molecule has 2 heterocycles. The highest BCUT2D eigenvalue weighted by Crippen LogP contribution is 2.47. The van der Waals surface area contributed by atoms with E-state index in [0.29, 0.717) is 0 Å². The number of aliphatic hydroxyl groups is 1. The van der Waals surface area contributed by atoms with E-state index < -0.39 is 67.8 Å². The van der Waals surface area contributed by atoms with Crippen LogP contribution in [0, 0.1) is 3.57 Å². The molecule has 1 aliphatic heterocycles. The topological polar surface area (TPSA) is 158 Å². The lowest BCUT2D eigenvalue weighted by Gasteiger charge is -2.25. The molecule has 204 valence electrons. The first-order chi connectivity index (χ1) is 17.2. The standard InChI is InChI=1S/C22H28FIN3O9P/c1-12(2)34-19(30)13(3)26-37(32,36-14-8-6-5-7-9-14)33-11-16-17(28)22(4,23)20(35-16)27-10-15(24)18(29)25-21(27)31/h5-10,12-13,16-17,20,28H,11H2,1-4H3,(H,26,32)(H,25,29,31)/t13-,16-,17-,20-,22-,37+/m1/s1. The molecule has 0 radical (unpaired) electrons. The molecule has 6 atom stereocenters. The Kier molecular flexibility index (Phi) is 9.35. The number of aromatic nitrogens is 2. The number of carbonyl (C=O) groups excluding carboxylic acids is 1. The van der Waals surface area contributed by atoms with Crippen molar-refractivity contribution in [3.8, 4) is 5.75 Å². The van der Waals surface area contributed by atoms with Crippen LogP contribution in [0.3, 0.4) is 0 Å². The number of benzene rings is 1. The average molecular weight is 655 g/mol. The lowest BCUT2D eigenvalue weighted by atomic mass is 9.98. The van der Waals surface area contributed by atoms with Crippen LogP contribution in [0.5, 0.6) is 5.75 Å². The number of nitrogens with zero attached hydrogens (tertiary/aromatic N) is 1. The van der Waals surface area contributed by atoms with Gasteiger partial charge in [0, 0.05) is 6.20 Å². The van der Waals surface area contributed by atoms with E-state index in [1.165, 1.54) is 19.1 Å². The Bertz CT molecular complexity index is 1270. The van der Waals surface area contributed by atoms with E-state index in [0.717, 1.165) is 17.7 Å². The minimum atomic E-state index is -4.31. The van der Waals surface area contributed by atoms with Crippen LogP contribution in [-0.4, -0.2) is 57.3 Å². The zero-order chi connectivity index (χ0) is 27.5. The van der Waals surface area contributed by atoms with Gasteiger partial charge in [-0.25, -0.2) is 13.8 Å². The zero-order valence-corrected chi connectivity index (χ0v) is 23.5. The summed E-state index contributed by atoms with van der Waals surface area (Å²) >= 11 is 1.67. The van der Waals surface area contributed by atoms with Gasteiger partial charge in [-0.3, -0.25) is 23.7 Å². The van der Waals surface area contributed by atoms with Gasteiger partial charge >= 0.3 is 19.4 Å². The summed E-state index contributed by atoms with van der Waals surface area (Å²) in [5.41, 5.74) is -4.09. The van der Waals surface area contributed by atoms with E-state index in [4.69, 9.17) is 18.5 Å². The summed E-state index contributed by atoms with van der Waals surface area (Å²) in [4.78, 5) is 38.3. The zero-order valence-electron chi connectivity index (χ0n) is 20.4. The molecule has 2 aromatic rings. The van der Waals surface area contributed by atoms with Gasteiger partial charge in [-0.05, 0) is 62.4 Å². The van der Waals surface area contributed by atoms with Crippen molar-refractivity contribution in [1.29, 1.82) is 0 Å². The Morgan fingerprint density at radius 2 is 1.97 bits per heavy atom. The highest BCUT2D eigenvalue weighted by Gasteiger charge is 2.56. The Morgan fingerprint density at radius 1 is 1.32 bits per heavy atom. The SMILES string of the molecule is CC(C)OC(=O)[C@@H](C)N[P@](=O)(OC[C@H]1O[C@@H](n2cc(I)c(=O)[nH]c2=O)[C@](C)(F)[C@@H]1O)Oc1ccccc1. The third-order valence-corrected chi connectivity index (χ3v) is 7.74. The minimum Gasteiger partial charge on any atom is -0.462 e. The number of para-hydroxylation sites is 1. The number of halogens is 2. The summed E-state index contributed by atoms with van der Waals surface area (Å²) in [6.07, 6.45) is -4.16. The molecule has 1 fully saturated rings. The monoisotopic (exact) mass is 655 g/mol. The van der Waals surface area contributed by atoms with Gasteiger partial charge in [-0.1, -0.05) is 18.2 Å². The quantitative estimate of drug-likeness (QED) is 0.197. The summed E-state index contributed by atoms with van der Waals surface area (Å²) in [6.45, 7) is 5.08. The number of hydrogen-bond donors (Lipinski definition) is 3. The van der Waals surface area contributed by atoms with Crippen molar-refractivity contribution in [2.45, 2.75) is 63.9 Å². The van der Waals surface area contributed by atoms with Gasteiger partial charge in [0.25, 0.3) is 5.56 Å². The van der Waals surface area contributed by atoms with E-state index in [2.05, 4.69) is 5.09 Å². The average Bonchev–Trinajstić information content (AvgIpc) is 3.03. The number of ether oxygens (including phenoxy) is 2. The molecule has 0 amide bonds. The molecule has 12 nitrogen and oxygen atoms in total. The van der Waals surface area contributed by atoms with Crippen molar-refractivity contribution in [2.24, 2.45) is 0 Å². The van der Waals surface area contributed by atoms with Crippen molar-refractivity contribution in [2.75, 3.05) is 6.61 Å². The minimum absolute atomic E-state index is 0.0954. The fraction of sp³-hybridized carbons (Fsp3) is 0.500. The van der Waals surface area contributed by atoms with Crippen molar-refractivity contribution in [1.82, 2.24) is 14.6 Å². The van der Waals surface area contributed by atoms with Crippen LogP contribution in [-0.2, 0) is 23.4 Å². The largest absolute Gasteiger partial charge is 0.462 e. The molecule has 3 rings (SSSR count). The summed E-state index contributed by atoms with van der Waals surface area (Å²) < 4.78 is 51.8. The van der Waals surface area contributed by atoms with Crippen molar-refractivity contribution < 1.29 is 37.4 Å². The Labute approximate surface area is 225 Å². The molecule has 1 aliphatic rings. The summed E-state index contributed by atoms with van der Waals surface area (Å²) in [5.74, 6) is -0.561. The molecule has 0 aliphatic carbocycles. The molecule has 0 unspecified atom stereocenters. The number of nitrogens with one attached hydrogen (secondary N) is 2. The second kappa shape index (κ2) is 11.7. The molecule has 0 spiro atoms. The summed E-state index contributed by atoms with van der Waals surface area (Å²) in [6, 6.07) is 6.86. The molecule has 1 aromatic carbocycles. The molecule has 1 saturated heterocycles. The number of aliphatic hydroxyl groups excluding tert-OH is 1. The lowest BCUT2D eigenvalue weighted by molar-refractivity contribution is -0.149. The van der Waals surface area contributed by atoms with Crippen molar-refractivity contribution >= 4 is 36.3 Å². The predicted molar refractivity (Wildman–Crippen MR) is 138 cm³/mol. The fourth-order valence-corrected chi connectivity index (χ4v) is 5.43. The van der Waals surface area contributed by atoms with Crippen LogP contribution in [0.25, 0.3) is 0 Å². The maximum Gasteiger partial charge on any atom is 0.459 e. The predicted octanol–water partition coefficient (Wildman–Crippen LogP) is 2.26. The van der Waals surface area contributed by atoms with Crippen LogP contribution in [0.4, 0.5) is 4.39 Å². The van der Waals surface area contributed by atoms with E-state index in [1.54, 1.807) is 54.6 Å². The van der Waals surface area contributed by atoms with Gasteiger partial charge < -0.3 is 19.1 Å². The molecular weight excluding hydrogens is 627 g/mol. The number of rotatable bonds is 10. The normalized spacial score (nSPS) is 26.0. The fourth-order valence-electron chi connectivity index (χ4n) is 3.49. The maximum atomic E-state index is 15.6. The van der Waals surface area contributed by atoms with E-state index in [1.807, 2.05) is 4.98 Å². The number of aromatic amines is 1. The third kappa shape index (κ3) is 7.06. The second-order valence-electron chi connectivity index (χ2n) is 8.80. The number of alkyl halides is 1. The van der Waals surface area contributed by atoms with Crippen LogP contribution in [0.1, 0.15) is 33.9 Å². The van der Waals surface area contributed by atoms with E-state index in [9.17, 15) is 24.1 Å². The van der Waals surface area contributed by atoms with Gasteiger partial charge in [0.1, 0.15) is 24.0 Å². The number of H-pyrrole nitrogens is 1. The van der Waals surface area contributed by atoms with Crippen LogP contribution in [0.2, 0.25) is 0 Å². The van der Waals surface area contributed by atoms with Crippen LogP contribution in [0.15, 0.2) is 46.1 Å². The highest BCUT2D eigenvalue weighted by atomic mass is 127. The molecular formula is C22H28FIN3O9P. The summed E-state index contributed by atoms with van der Waals surface area (Å²) in [5, 5.41) is 13.1. The van der Waals surface area contributed by atoms with Gasteiger partial charge in [0.05, 0.1) is 16.3 Å². The van der Waals surface area contributed by atoms with Gasteiger partial charge in [0.2, 0.25) is 0 Å². The maximum absolute atomic E-state index is 15.6. The van der Waals surface area contributed by atoms with Gasteiger partial charge in [-0.2, -0.15) is 5.09 Å². The molecule has 3 N–H and O–H groups in total. The second-order valence-corrected chi connectivity index (χ2v) is 11.7. The molecule has 0 saturated carbocycles. The molecule has 15 heteroatoms. The van der Waals surface area contributed by atoms with Crippen LogP contribution < -0.4 is 20.9 Å². The smallest absolute Gasteiger partial charge is 0.459 e. The first-order valence-corrected chi connectivity index (χ1v) is 13.9. The van der Waals surface area contributed by atoms with E-state index in [-0.39, 0.29) is 9.32 Å². The summed E-state index contributed by atoms with van der Waals surface area (Å²) in [7, 11) is -4.31. The molecule has 1 aromatic heterocycles. The highest BCUT2D eigenvalue weighted by molar-refractivity contribution is 14.1. The van der Waals surface area contributed by atoms with Gasteiger partial charge in [0.15, 0.2) is 11.9 Å². The lowest BCUT2D eigenvalue weighted by Crippen LogP contribution is -2.44. The van der Waals surface area contributed by atoms with Crippen molar-refractivity contribution in [3.63, 3.8) is 0 Å². The first kappa shape index (κ1) is 29.5. The van der Waals surface area contributed by atoms with Crippen LogP contribution >= 0.6 is 30.3 Å². The number of hydrogen-bond acceptors (Lipinski definition) is 9. The molecule has 0 bridgehead atoms. The Balaban J connectivity index is 1.82. The Morgan fingerprint density at radius 3 is 2.59 bits per heavy atom. The number of esters is 1. The van der Waals surface area contributed by atoms with Crippen molar-refractivity contribution in [3.05, 3.63) is 60.9 Å². The first-order valence-electron chi connectivity index (χ1n) is 11.2. The Hall–Kier alpha value is -2.10.